The van der Waals surface area contributed by atoms with Gasteiger partial charge in [-0.15, -0.1) is 0 Å². The Kier molecular flexibility index (Phi) is 5.43. The third-order valence-corrected chi connectivity index (χ3v) is 8.03. The minimum atomic E-state index is -3.03. The average Bonchev–Trinajstić information content (AvgIpc) is 2.55. The molecule has 2 atom stereocenters. The van der Waals surface area contributed by atoms with E-state index in [2.05, 4.69) is 18.7 Å². The van der Waals surface area contributed by atoms with Crippen molar-refractivity contribution in [2.45, 2.75) is 26.1 Å². The van der Waals surface area contributed by atoms with Gasteiger partial charge in [-0.2, -0.15) is 0 Å². The first kappa shape index (κ1) is 17.2. The van der Waals surface area contributed by atoms with Crippen molar-refractivity contribution in [2.75, 3.05) is 33.7 Å². The maximum Gasteiger partial charge on any atom is 0.262 e. The number of carbonyl (C=O) groups excluding carboxylic acids is 1. The fraction of sp³-hybridized carbons (Fsp3) is 0.562. The average molecular weight is 323 g/mol. The zero-order chi connectivity index (χ0) is 16.3. The van der Waals surface area contributed by atoms with Crippen LogP contribution >= 0.6 is 7.44 Å². The van der Waals surface area contributed by atoms with Gasteiger partial charge in [0.25, 0.3) is 7.44 Å². The van der Waals surface area contributed by atoms with E-state index >= 15 is 0 Å². The van der Waals surface area contributed by atoms with E-state index < -0.39 is 7.44 Å². The fourth-order valence-electron chi connectivity index (χ4n) is 3.11. The van der Waals surface area contributed by atoms with Crippen LogP contribution in [0.15, 0.2) is 30.3 Å². The summed E-state index contributed by atoms with van der Waals surface area (Å²) in [5, 5.41) is 0. The summed E-state index contributed by atoms with van der Waals surface area (Å²) in [6.45, 7) is 6.26. The highest BCUT2D eigenvalue weighted by molar-refractivity contribution is 7.60. The Labute approximate surface area is 133 Å². The van der Waals surface area contributed by atoms with Crippen LogP contribution in [0, 0.1) is 0 Å². The van der Waals surface area contributed by atoms with E-state index in [0.717, 1.165) is 18.7 Å². The zero-order valence-corrected chi connectivity index (χ0v) is 14.8. The first-order valence-corrected chi connectivity index (χ1v) is 9.52. The maximum absolute atomic E-state index is 14.0. The third kappa shape index (κ3) is 2.85. The van der Waals surface area contributed by atoms with E-state index in [0.29, 0.717) is 13.0 Å². The van der Waals surface area contributed by atoms with Gasteiger partial charge in [-0.3, -0.25) is 18.9 Å². The van der Waals surface area contributed by atoms with Gasteiger partial charge in [0.1, 0.15) is 5.78 Å². The molecule has 1 amide bonds. The van der Waals surface area contributed by atoms with E-state index in [4.69, 9.17) is 0 Å². The zero-order valence-electron chi connectivity index (χ0n) is 13.9. The van der Waals surface area contributed by atoms with Crippen molar-refractivity contribution in [2.24, 2.45) is 0 Å². The molecule has 0 bridgehead atoms. The van der Waals surface area contributed by atoms with Gasteiger partial charge in [0.2, 0.25) is 5.91 Å². The molecule has 1 aliphatic rings. The monoisotopic (exact) mass is 323 g/mol. The van der Waals surface area contributed by atoms with Gasteiger partial charge in [-0.1, -0.05) is 44.2 Å². The van der Waals surface area contributed by atoms with Crippen LogP contribution in [0.3, 0.4) is 0 Å². The van der Waals surface area contributed by atoms with E-state index in [1.54, 1.807) is 7.05 Å². The highest BCUT2D eigenvalue weighted by atomic mass is 31.2. The van der Waals surface area contributed by atoms with Crippen LogP contribution in [0.4, 0.5) is 0 Å². The molecule has 2 rings (SSSR count). The Balaban J connectivity index is 2.56. The quantitative estimate of drug-likeness (QED) is 0.781. The summed E-state index contributed by atoms with van der Waals surface area (Å²) >= 11 is 0. The molecule has 6 heteroatoms. The van der Waals surface area contributed by atoms with Crippen molar-refractivity contribution >= 4 is 13.4 Å². The predicted molar refractivity (Wildman–Crippen MR) is 89.7 cm³/mol. The van der Waals surface area contributed by atoms with Gasteiger partial charge in [0.15, 0.2) is 0 Å². The second kappa shape index (κ2) is 6.95. The van der Waals surface area contributed by atoms with Crippen LogP contribution in [-0.2, 0) is 9.36 Å². The lowest BCUT2D eigenvalue weighted by atomic mass is 10.2. The SMILES string of the molecule is CCN(CC)C(c1ccccc1)P1(=O)N(C)CCC(=O)N1C. The normalized spacial score (nSPS) is 24.8. The van der Waals surface area contributed by atoms with Gasteiger partial charge in [-0.05, 0) is 25.7 Å². The lowest BCUT2D eigenvalue weighted by Gasteiger charge is -2.46. The summed E-state index contributed by atoms with van der Waals surface area (Å²) < 4.78 is 17.3. The molecule has 0 aliphatic carbocycles. The molecule has 2 unspecified atom stereocenters. The number of hydrogen-bond donors (Lipinski definition) is 0. The molecule has 1 fully saturated rings. The maximum atomic E-state index is 14.0. The summed E-state index contributed by atoms with van der Waals surface area (Å²) in [4.78, 5) is 14.4. The van der Waals surface area contributed by atoms with Crippen LogP contribution in [-0.4, -0.2) is 53.9 Å². The molecule has 0 aromatic heterocycles. The number of hydrogen-bond acceptors (Lipinski definition) is 3. The summed E-state index contributed by atoms with van der Waals surface area (Å²) in [6.07, 6.45) is 0.427. The standard InChI is InChI=1S/C16H26N3O2P/c1-5-19(6-2)16(14-10-8-7-9-11-14)22(21)17(3)13-12-15(20)18(22)4/h7-11,16H,5-6,12-13H2,1-4H3. The summed E-state index contributed by atoms with van der Waals surface area (Å²) in [5.74, 6) is -0.322. The van der Waals surface area contributed by atoms with Gasteiger partial charge in [0.05, 0.1) is 0 Å². The molecule has 122 valence electrons. The van der Waals surface area contributed by atoms with Gasteiger partial charge >= 0.3 is 0 Å². The Morgan fingerprint density at radius 1 is 1.18 bits per heavy atom. The lowest BCUT2D eigenvalue weighted by Crippen LogP contribution is -2.44. The molecule has 1 heterocycles. The van der Waals surface area contributed by atoms with Crippen LogP contribution in [0.2, 0.25) is 0 Å². The number of amides is 1. The van der Waals surface area contributed by atoms with Crippen molar-refractivity contribution in [3.8, 4) is 0 Å². The molecule has 0 saturated carbocycles. The van der Waals surface area contributed by atoms with Crippen molar-refractivity contribution in [3.05, 3.63) is 35.9 Å². The lowest BCUT2D eigenvalue weighted by molar-refractivity contribution is -0.127. The van der Waals surface area contributed by atoms with E-state index in [9.17, 15) is 9.36 Å². The first-order valence-electron chi connectivity index (χ1n) is 7.84. The predicted octanol–water partition coefficient (Wildman–Crippen LogP) is 3.01. The van der Waals surface area contributed by atoms with E-state index in [1.165, 1.54) is 4.67 Å². The fourth-order valence-corrected chi connectivity index (χ4v) is 6.39. The molecule has 0 N–H and O–H groups in total. The molecule has 22 heavy (non-hydrogen) atoms. The van der Waals surface area contributed by atoms with Crippen LogP contribution in [0.1, 0.15) is 31.6 Å². The van der Waals surface area contributed by atoms with Crippen LogP contribution in [0.5, 0.6) is 0 Å². The number of nitrogens with zero attached hydrogens (tertiary/aromatic N) is 3. The smallest absolute Gasteiger partial charge is 0.262 e. The Hall–Kier alpha value is -1.16. The van der Waals surface area contributed by atoms with Gasteiger partial charge in [0, 0.05) is 20.0 Å². The molecular weight excluding hydrogens is 297 g/mol. The number of rotatable bonds is 5. The van der Waals surface area contributed by atoms with Crippen molar-refractivity contribution < 1.29 is 9.36 Å². The molecule has 5 nitrogen and oxygen atoms in total. The minimum absolute atomic E-state index is 0.0329. The molecule has 1 aromatic rings. The molecule has 1 aromatic carbocycles. The second-order valence-corrected chi connectivity index (χ2v) is 8.59. The first-order chi connectivity index (χ1) is 10.5. The number of carbonyl (C=O) groups is 1. The molecule has 0 spiro atoms. The molecule has 1 aliphatic heterocycles. The van der Waals surface area contributed by atoms with Crippen LogP contribution in [0.25, 0.3) is 0 Å². The Morgan fingerprint density at radius 2 is 1.77 bits per heavy atom. The Bertz CT molecular complexity index is 560. The topological polar surface area (TPSA) is 43.9 Å². The van der Waals surface area contributed by atoms with Crippen molar-refractivity contribution in [3.63, 3.8) is 0 Å². The van der Waals surface area contributed by atoms with Crippen molar-refractivity contribution in [1.29, 1.82) is 0 Å². The third-order valence-electron chi connectivity index (χ3n) is 4.50. The van der Waals surface area contributed by atoms with E-state index in [1.807, 2.05) is 42.0 Å². The van der Waals surface area contributed by atoms with Crippen LogP contribution < -0.4 is 0 Å². The summed E-state index contributed by atoms with van der Waals surface area (Å²) in [5.41, 5.74) is 1.00. The minimum Gasteiger partial charge on any atom is -0.288 e. The molecular formula is C16H26N3O2P. The number of benzene rings is 1. The largest absolute Gasteiger partial charge is 0.288 e. The summed E-state index contributed by atoms with van der Waals surface area (Å²) in [7, 11) is 0.513. The summed E-state index contributed by atoms with van der Waals surface area (Å²) in [6, 6.07) is 9.89. The van der Waals surface area contributed by atoms with Crippen molar-refractivity contribution in [1.82, 2.24) is 14.2 Å². The highest BCUT2D eigenvalue weighted by Gasteiger charge is 2.48. The highest BCUT2D eigenvalue weighted by Crippen LogP contribution is 2.65. The second-order valence-electron chi connectivity index (χ2n) is 5.64. The van der Waals surface area contributed by atoms with Gasteiger partial charge in [-0.25, -0.2) is 4.67 Å². The van der Waals surface area contributed by atoms with E-state index in [-0.39, 0.29) is 11.7 Å². The Morgan fingerprint density at radius 3 is 2.32 bits per heavy atom. The molecule has 1 saturated heterocycles. The van der Waals surface area contributed by atoms with Gasteiger partial charge < -0.3 is 0 Å². The molecule has 0 radical (unpaired) electrons.